The summed E-state index contributed by atoms with van der Waals surface area (Å²) in [6.07, 6.45) is 0. The standard InChI is InChI=1S/C9H8Br2O2/c10-7-1-4-2(7)6-3(7)5(1)8(4,11)9(6,12)13/h1-6,12-13H. The summed E-state index contributed by atoms with van der Waals surface area (Å²) in [6.45, 7) is 0. The first-order valence-corrected chi connectivity index (χ1v) is 6.39. The Bertz CT molecular complexity index is 360. The second-order valence-electron chi connectivity index (χ2n) is 5.48. The molecule has 4 heteroatoms. The Morgan fingerprint density at radius 1 is 0.769 bits per heavy atom. The van der Waals surface area contributed by atoms with Crippen molar-refractivity contribution in [3.8, 4) is 0 Å². The average Bonchev–Trinajstić information content (AvgIpc) is 2.20. The van der Waals surface area contributed by atoms with Crippen LogP contribution in [0.4, 0.5) is 0 Å². The van der Waals surface area contributed by atoms with Gasteiger partial charge in [0.15, 0.2) is 5.79 Å². The highest BCUT2D eigenvalue weighted by molar-refractivity contribution is 9.10. The molecule has 0 aromatic carbocycles. The molecule has 6 rings (SSSR count). The van der Waals surface area contributed by atoms with E-state index in [1.165, 1.54) is 0 Å². The maximum atomic E-state index is 10.1. The number of hydrogen-bond acceptors (Lipinski definition) is 2. The topological polar surface area (TPSA) is 40.5 Å². The van der Waals surface area contributed by atoms with Crippen molar-refractivity contribution >= 4 is 31.9 Å². The van der Waals surface area contributed by atoms with Crippen molar-refractivity contribution in [1.29, 1.82) is 0 Å². The lowest BCUT2D eigenvalue weighted by Crippen LogP contribution is -2.93. The van der Waals surface area contributed by atoms with Crippen LogP contribution in [0.2, 0.25) is 0 Å². The van der Waals surface area contributed by atoms with Gasteiger partial charge in [-0.3, -0.25) is 0 Å². The van der Waals surface area contributed by atoms with E-state index in [-0.39, 0.29) is 10.2 Å². The van der Waals surface area contributed by atoms with Crippen LogP contribution in [0, 0.1) is 35.5 Å². The zero-order valence-corrected chi connectivity index (χ0v) is 9.79. The van der Waals surface area contributed by atoms with Crippen molar-refractivity contribution < 1.29 is 10.2 Å². The molecule has 0 aliphatic heterocycles. The Morgan fingerprint density at radius 2 is 1.23 bits per heavy atom. The van der Waals surface area contributed by atoms with Gasteiger partial charge in [0.1, 0.15) is 0 Å². The van der Waals surface area contributed by atoms with Gasteiger partial charge in [-0.2, -0.15) is 0 Å². The minimum absolute atomic E-state index is 0.159. The number of aliphatic hydroxyl groups is 2. The van der Waals surface area contributed by atoms with E-state index in [9.17, 15) is 10.2 Å². The molecule has 0 saturated heterocycles. The Kier molecular flexibility index (Phi) is 0.740. The Hall–Kier alpha value is 0.880. The summed E-state index contributed by atoms with van der Waals surface area (Å²) in [5.74, 6) is 1.67. The van der Waals surface area contributed by atoms with Crippen LogP contribution in [0.3, 0.4) is 0 Å². The van der Waals surface area contributed by atoms with Gasteiger partial charge in [0.2, 0.25) is 0 Å². The predicted octanol–water partition coefficient (Wildman–Crippen LogP) is 0.700. The van der Waals surface area contributed by atoms with Crippen molar-refractivity contribution in [1.82, 2.24) is 0 Å². The van der Waals surface area contributed by atoms with E-state index in [2.05, 4.69) is 31.9 Å². The normalized spacial score (nSPS) is 87.7. The Morgan fingerprint density at radius 3 is 1.62 bits per heavy atom. The van der Waals surface area contributed by atoms with Crippen LogP contribution in [0.15, 0.2) is 0 Å². The molecular weight excluding hydrogens is 300 g/mol. The molecule has 6 saturated carbocycles. The minimum Gasteiger partial charge on any atom is -0.364 e. The molecule has 13 heavy (non-hydrogen) atoms. The maximum absolute atomic E-state index is 10.1. The molecule has 6 aliphatic carbocycles. The van der Waals surface area contributed by atoms with E-state index < -0.39 is 5.79 Å². The lowest BCUT2D eigenvalue weighted by Gasteiger charge is -2.89. The molecule has 0 heterocycles. The zero-order chi connectivity index (χ0) is 8.96. The van der Waals surface area contributed by atoms with Gasteiger partial charge in [-0.1, -0.05) is 31.9 Å². The summed E-state index contributed by atoms with van der Waals surface area (Å²) in [4.78, 5) is 0. The average molecular weight is 308 g/mol. The van der Waals surface area contributed by atoms with E-state index in [0.717, 1.165) is 5.92 Å². The SMILES string of the molecule is OC1(O)C2C3C4C5C(C2C35Br)C41Br. The summed E-state index contributed by atoms with van der Waals surface area (Å²) in [6, 6.07) is 0. The molecule has 0 aromatic rings. The lowest BCUT2D eigenvalue weighted by molar-refractivity contribution is -0.337. The van der Waals surface area contributed by atoms with Gasteiger partial charge in [0.25, 0.3) is 0 Å². The van der Waals surface area contributed by atoms with E-state index in [1.807, 2.05) is 0 Å². The maximum Gasteiger partial charge on any atom is 0.182 e. The number of hydrogen-bond donors (Lipinski definition) is 2. The van der Waals surface area contributed by atoms with Crippen LogP contribution in [-0.2, 0) is 0 Å². The third-order valence-corrected chi connectivity index (χ3v) is 9.08. The molecule has 2 nitrogen and oxygen atoms in total. The molecule has 4 atom stereocenters. The first-order valence-electron chi connectivity index (χ1n) is 4.81. The van der Waals surface area contributed by atoms with Gasteiger partial charge < -0.3 is 10.2 Å². The lowest BCUT2D eigenvalue weighted by atomic mass is 9.20. The number of halogens is 2. The van der Waals surface area contributed by atoms with Crippen LogP contribution < -0.4 is 0 Å². The van der Waals surface area contributed by atoms with E-state index in [1.54, 1.807) is 0 Å². The number of rotatable bonds is 0. The van der Waals surface area contributed by atoms with Crippen molar-refractivity contribution in [3.05, 3.63) is 0 Å². The fourth-order valence-corrected chi connectivity index (χ4v) is 8.81. The second kappa shape index (κ2) is 1.34. The minimum atomic E-state index is -1.41. The van der Waals surface area contributed by atoms with E-state index in [4.69, 9.17) is 0 Å². The second-order valence-corrected chi connectivity index (χ2v) is 8.16. The molecule has 2 bridgehead atoms. The summed E-state index contributed by atoms with van der Waals surface area (Å²) in [7, 11) is 0. The first kappa shape index (κ1) is 7.20. The van der Waals surface area contributed by atoms with Gasteiger partial charge in [-0.05, 0) is 29.6 Å². The smallest absolute Gasteiger partial charge is 0.182 e. The van der Waals surface area contributed by atoms with Gasteiger partial charge in [0, 0.05) is 10.2 Å². The highest BCUT2D eigenvalue weighted by atomic mass is 79.9. The summed E-state index contributed by atoms with van der Waals surface area (Å²) >= 11 is 7.42. The summed E-state index contributed by atoms with van der Waals surface area (Å²) < 4.78 is 0.0255. The fraction of sp³-hybridized carbons (Fsp3) is 1.00. The van der Waals surface area contributed by atoms with Crippen molar-refractivity contribution in [3.63, 3.8) is 0 Å². The molecule has 2 N–H and O–H groups in total. The van der Waals surface area contributed by atoms with Gasteiger partial charge in [-0.15, -0.1) is 0 Å². The molecule has 0 aromatic heterocycles. The largest absolute Gasteiger partial charge is 0.364 e. The molecule has 6 aliphatic rings. The third kappa shape index (κ3) is 0.312. The quantitative estimate of drug-likeness (QED) is 0.511. The summed E-state index contributed by atoms with van der Waals surface area (Å²) in [5.41, 5.74) is 0. The van der Waals surface area contributed by atoms with Crippen LogP contribution >= 0.6 is 31.9 Å². The van der Waals surface area contributed by atoms with Crippen LogP contribution in [0.25, 0.3) is 0 Å². The van der Waals surface area contributed by atoms with E-state index in [0.29, 0.717) is 28.0 Å². The van der Waals surface area contributed by atoms with Crippen LogP contribution in [0.5, 0.6) is 0 Å². The highest BCUT2D eigenvalue weighted by Crippen LogP contribution is 3.02. The first-order chi connectivity index (χ1) is 5.98. The monoisotopic (exact) mass is 306 g/mol. The summed E-state index contributed by atoms with van der Waals surface area (Å²) in [5, 5.41) is 20.1. The van der Waals surface area contributed by atoms with Crippen LogP contribution in [-0.4, -0.2) is 24.6 Å². The van der Waals surface area contributed by atoms with Gasteiger partial charge in [-0.25, -0.2) is 0 Å². The van der Waals surface area contributed by atoms with Crippen molar-refractivity contribution in [2.45, 2.75) is 14.4 Å². The van der Waals surface area contributed by atoms with Gasteiger partial charge in [0.05, 0.1) is 4.32 Å². The molecule has 0 amide bonds. The Labute approximate surface area is 92.0 Å². The van der Waals surface area contributed by atoms with E-state index >= 15 is 0 Å². The molecule has 6 fully saturated rings. The molecule has 4 unspecified atom stereocenters. The molecule has 0 spiro atoms. The third-order valence-electron chi connectivity index (χ3n) is 5.85. The zero-order valence-electron chi connectivity index (χ0n) is 6.61. The molecular formula is C9H8Br2O2. The highest BCUT2D eigenvalue weighted by Gasteiger charge is 3.07. The Balaban J connectivity index is 1.85. The van der Waals surface area contributed by atoms with Crippen LogP contribution in [0.1, 0.15) is 0 Å². The molecule has 70 valence electrons. The number of alkyl halides is 2. The molecule has 0 radical (unpaired) electrons. The van der Waals surface area contributed by atoms with Crippen molar-refractivity contribution in [2.75, 3.05) is 0 Å². The predicted molar refractivity (Wildman–Crippen MR) is 51.4 cm³/mol. The van der Waals surface area contributed by atoms with Crippen molar-refractivity contribution in [2.24, 2.45) is 35.5 Å². The fourth-order valence-electron chi connectivity index (χ4n) is 5.70. The van der Waals surface area contributed by atoms with Gasteiger partial charge >= 0.3 is 0 Å².